The molecule has 0 unspecified atom stereocenters. The molecule has 0 spiro atoms. The first kappa shape index (κ1) is 61.3. The molecule has 4 heterocycles. The molecule has 7 heteroatoms. The van der Waals surface area contributed by atoms with E-state index in [0.717, 1.165) is 145 Å². The largest absolute Gasteiger partial charge is 0.311 e. The molecular formula is C118H89BN6. The molecule has 594 valence electrons. The fourth-order valence-corrected chi connectivity index (χ4v) is 20.9. The van der Waals surface area contributed by atoms with E-state index in [9.17, 15) is 24.5 Å². The molecule has 19 aromatic rings. The molecule has 6 nitrogen and oxygen atoms in total. The normalized spacial score (nSPS) is 15.4. The number of para-hydroxylation sites is 2. The molecule has 0 fully saturated rings. The molecular weight excluding hydrogens is 1510 g/mol. The molecule has 4 aliphatic rings. The van der Waals surface area contributed by atoms with Crippen LogP contribution in [0.25, 0.3) is 104 Å². The van der Waals surface area contributed by atoms with Gasteiger partial charge < -0.3 is 18.9 Å². The molecule has 0 atom stereocenters. The Morgan fingerprint density at radius 1 is 0.336 bits per heavy atom. The second kappa shape index (κ2) is 27.8. The number of hydrogen-bond acceptors (Lipinski definition) is 3. The number of anilines is 6. The number of benzene rings is 17. The Bertz CT molecular complexity index is 8160. The van der Waals surface area contributed by atoms with E-state index in [1.807, 2.05) is 42.5 Å². The van der Waals surface area contributed by atoms with E-state index >= 15 is 0 Å². The standard InChI is InChI=1S/C118H89BN6/c1-114(2,3)81-50-60-105(93(66-81)75-48-55-89-87-39-23-27-43-97(87)117(99(89)64-75,77-31-15-11-16-32-77)78-33-17-12-18-34-78)124-109-71-85(122-103-45-29-25-41-91(103)95-63-74(73-120)47-59-107(95)122)53-57-101(109)119-102-58-54-86(123-104-46-30-26-42-92(104)96-70-84(121-10)52-62-108(96)123)72-110(102)125(112-69-83(116(7,8)9)68-111(124)113(112)119)106-61-51-82(115(4,5)6)67-94(106)76-49-56-90-88-40-24-28-44-98(88)118(100(90)65-76,79-35-19-13-20-36-79)80-37-21-14-22-38-80/h11-72H,1-9H3/i25D,26D,29D,30D,41D,42D,45D,46D,47D,52D,59D,62D,63D,70D. The van der Waals surface area contributed by atoms with Crippen molar-refractivity contribution in [1.82, 2.24) is 9.13 Å². The number of nitrogens with zero attached hydrogens (tertiary/aromatic N) is 6. The third-order valence-corrected chi connectivity index (χ3v) is 26.7. The van der Waals surface area contributed by atoms with Crippen LogP contribution in [0, 0.1) is 17.9 Å². The van der Waals surface area contributed by atoms with Crippen LogP contribution in [0.15, 0.2) is 376 Å². The lowest BCUT2D eigenvalue weighted by atomic mass is 9.33. The molecule has 0 saturated heterocycles. The van der Waals surface area contributed by atoms with Crippen molar-refractivity contribution in [3.63, 3.8) is 0 Å². The summed E-state index contributed by atoms with van der Waals surface area (Å²) in [4.78, 5) is 8.31. The molecule has 0 bridgehead atoms. The predicted molar refractivity (Wildman–Crippen MR) is 522 cm³/mol. The molecule has 2 aromatic heterocycles. The number of fused-ring (bicyclic) bond motifs is 16. The van der Waals surface area contributed by atoms with Gasteiger partial charge in [-0.15, -0.1) is 0 Å². The Balaban J connectivity index is 0.884. The monoisotopic (exact) mass is 1610 g/mol. The zero-order chi connectivity index (χ0) is 96.9. The van der Waals surface area contributed by atoms with Gasteiger partial charge in [0.2, 0.25) is 0 Å². The van der Waals surface area contributed by atoms with Gasteiger partial charge in [0, 0.05) is 64.2 Å². The number of nitriles is 1. The minimum absolute atomic E-state index is 0.0675. The average molecular weight is 1620 g/mol. The predicted octanol–water partition coefficient (Wildman–Crippen LogP) is 28.3. The van der Waals surface area contributed by atoms with Crippen molar-refractivity contribution >= 4 is 107 Å². The van der Waals surface area contributed by atoms with E-state index < -0.39 is 130 Å². The maximum absolute atomic E-state index is 10.8. The van der Waals surface area contributed by atoms with Crippen LogP contribution in [-0.4, -0.2) is 15.8 Å². The van der Waals surface area contributed by atoms with Gasteiger partial charge in [0.25, 0.3) is 6.71 Å². The lowest BCUT2D eigenvalue weighted by molar-refractivity contribution is 0.590. The lowest BCUT2D eigenvalue weighted by Crippen LogP contribution is -2.61. The van der Waals surface area contributed by atoms with Gasteiger partial charge in [-0.3, -0.25) is 0 Å². The Hall–Kier alpha value is -15.0. The molecule has 2 aliphatic heterocycles. The Morgan fingerprint density at radius 2 is 0.728 bits per heavy atom. The van der Waals surface area contributed by atoms with Crippen LogP contribution in [0.3, 0.4) is 0 Å². The molecule has 2 aliphatic carbocycles. The van der Waals surface area contributed by atoms with E-state index in [1.54, 1.807) is 9.13 Å². The topological polar surface area (TPSA) is 44.5 Å². The van der Waals surface area contributed by atoms with Crippen LogP contribution in [-0.2, 0) is 27.1 Å². The number of hydrogen-bond donors (Lipinski definition) is 0. The summed E-state index contributed by atoms with van der Waals surface area (Å²) >= 11 is 0. The molecule has 0 radical (unpaired) electrons. The van der Waals surface area contributed by atoms with Crippen LogP contribution in [0.5, 0.6) is 0 Å². The van der Waals surface area contributed by atoms with Gasteiger partial charge in [0.1, 0.15) is 0 Å². The van der Waals surface area contributed by atoms with Crippen molar-refractivity contribution in [2.75, 3.05) is 9.80 Å². The van der Waals surface area contributed by atoms with Crippen LogP contribution in [0.4, 0.5) is 39.8 Å². The van der Waals surface area contributed by atoms with Gasteiger partial charge >= 0.3 is 0 Å². The van der Waals surface area contributed by atoms with E-state index in [4.69, 9.17) is 6.57 Å². The van der Waals surface area contributed by atoms with E-state index in [1.165, 1.54) is 0 Å². The Morgan fingerprint density at radius 3 is 1.15 bits per heavy atom. The maximum atomic E-state index is 10.8. The quantitative estimate of drug-likeness (QED) is 0.101. The molecule has 0 amide bonds. The van der Waals surface area contributed by atoms with Gasteiger partial charge in [-0.05, 0) is 248 Å². The van der Waals surface area contributed by atoms with Crippen LogP contribution in [0.1, 0.15) is 148 Å². The van der Waals surface area contributed by atoms with Crippen molar-refractivity contribution < 1.29 is 19.2 Å². The number of rotatable bonds is 10. The minimum atomic E-state index is -0.836. The second-order valence-corrected chi connectivity index (χ2v) is 36.6. The fourth-order valence-electron chi connectivity index (χ4n) is 20.9. The van der Waals surface area contributed by atoms with Crippen LogP contribution >= 0.6 is 0 Å². The van der Waals surface area contributed by atoms with Gasteiger partial charge in [0.15, 0.2) is 5.69 Å². The van der Waals surface area contributed by atoms with E-state index in [2.05, 4.69) is 332 Å². The highest BCUT2D eigenvalue weighted by Crippen LogP contribution is 2.61. The SMILES string of the molecule is [2H]c1c([2H])c([2H])c2c(c1[2H])c1c([2H])c(C#N)c([2H])c([2H])c1n2-c1ccc2c(c1)N(c1ccc(C(C)(C)C)cc1-c1ccc3c(c1)C(c1ccccc1)(c1ccccc1)c1ccccc1-3)c1cc(C(C)(C)C)cc3c1B2c1ccc(-n2c4c([2H])c([2H])c([2H])c([2H])c4c4c([2H])c([N+]#[C-])c([2H])c([2H])c42)cc1N3c1ccc(C(C)(C)C)cc1-c1ccc2c(c1)C(c1ccccc1)(c1ccccc1)c1ccccc1-2. The first-order valence-corrected chi connectivity index (χ1v) is 42.6. The van der Waals surface area contributed by atoms with Crippen LogP contribution < -0.4 is 26.2 Å². The Labute approximate surface area is 751 Å². The summed E-state index contributed by atoms with van der Waals surface area (Å²) in [6.07, 6.45) is 0. The van der Waals surface area contributed by atoms with Gasteiger partial charge in [-0.1, -0.05) is 323 Å². The average Bonchev–Trinajstić information content (AvgIpc) is 1.02. The van der Waals surface area contributed by atoms with Crippen molar-refractivity contribution in [3.05, 3.63) is 454 Å². The summed E-state index contributed by atoms with van der Waals surface area (Å²) < 4.78 is 139. The maximum Gasteiger partial charge on any atom is 0.252 e. The summed E-state index contributed by atoms with van der Waals surface area (Å²) in [5.74, 6) is 0. The molecule has 125 heavy (non-hydrogen) atoms. The minimum Gasteiger partial charge on any atom is -0.311 e. The fraction of sp³-hybridized carbons (Fsp3) is 0.119. The van der Waals surface area contributed by atoms with Crippen molar-refractivity contribution in [3.8, 4) is 62.0 Å². The van der Waals surface area contributed by atoms with Crippen molar-refractivity contribution in [1.29, 1.82) is 5.26 Å². The summed E-state index contributed by atoms with van der Waals surface area (Å²) in [5, 5.41) is 10.5. The molecule has 23 rings (SSSR count). The smallest absolute Gasteiger partial charge is 0.252 e. The van der Waals surface area contributed by atoms with Crippen molar-refractivity contribution in [2.45, 2.75) is 89.4 Å². The van der Waals surface area contributed by atoms with Crippen LogP contribution in [0.2, 0.25) is 0 Å². The van der Waals surface area contributed by atoms with Gasteiger partial charge in [0.05, 0.1) is 78.9 Å². The highest BCUT2D eigenvalue weighted by atomic mass is 15.2. The Kier molecular flexibility index (Phi) is 13.6. The molecule has 17 aromatic carbocycles. The van der Waals surface area contributed by atoms with Gasteiger partial charge in [-0.25, -0.2) is 4.85 Å². The van der Waals surface area contributed by atoms with Crippen molar-refractivity contribution in [2.24, 2.45) is 0 Å². The third-order valence-electron chi connectivity index (χ3n) is 26.7. The number of aromatic nitrogens is 2. The highest BCUT2D eigenvalue weighted by Gasteiger charge is 2.50. The zero-order valence-electron chi connectivity index (χ0n) is 84.5. The van der Waals surface area contributed by atoms with E-state index in [-0.39, 0.29) is 43.6 Å². The first-order chi connectivity index (χ1) is 66.7. The third kappa shape index (κ3) is 11.1. The van der Waals surface area contributed by atoms with E-state index in [0.29, 0.717) is 22.7 Å². The summed E-state index contributed by atoms with van der Waals surface area (Å²) in [6.45, 7) is 27.4. The molecule has 0 saturated carbocycles. The summed E-state index contributed by atoms with van der Waals surface area (Å²) in [6, 6.07) is 98.6. The first-order valence-electron chi connectivity index (χ1n) is 49.6. The highest BCUT2D eigenvalue weighted by molar-refractivity contribution is 7.00. The summed E-state index contributed by atoms with van der Waals surface area (Å²) in [5.41, 5.74) is 22.1. The summed E-state index contributed by atoms with van der Waals surface area (Å²) in [7, 11) is 0. The van der Waals surface area contributed by atoms with Gasteiger partial charge in [-0.2, -0.15) is 5.26 Å². The zero-order valence-corrected chi connectivity index (χ0v) is 70.5. The molecule has 0 N–H and O–H groups in total. The second-order valence-electron chi connectivity index (χ2n) is 36.6. The lowest BCUT2D eigenvalue weighted by Gasteiger charge is -2.46.